The Bertz CT molecular complexity index is 643. The highest BCUT2D eigenvalue weighted by atomic mass is 79.9. The van der Waals surface area contributed by atoms with E-state index in [9.17, 15) is 0 Å². The van der Waals surface area contributed by atoms with E-state index >= 15 is 0 Å². The molecule has 0 aliphatic heterocycles. The van der Waals surface area contributed by atoms with Gasteiger partial charge in [-0.25, -0.2) is 9.97 Å². The molecule has 4 nitrogen and oxygen atoms in total. The number of hydrogen-bond donors (Lipinski definition) is 2. The second-order valence-electron chi connectivity index (χ2n) is 4.84. The van der Waals surface area contributed by atoms with Gasteiger partial charge in [0.05, 0.1) is 10.7 Å². The Kier molecular flexibility index (Phi) is 4.50. The molecule has 2 aromatic rings. The summed E-state index contributed by atoms with van der Waals surface area (Å²) >= 11 is 9.59. The smallest absolute Gasteiger partial charge is 0.139 e. The summed E-state index contributed by atoms with van der Waals surface area (Å²) < 4.78 is 0.926. The molecule has 0 spiro atoms. The molecule has 20 heavy (non-hydrogen) atoms. The Balaban J connectivity index is 2.42. The molecular formula is C14H16BrClN4. The van der Waals surface area contributed by atoms with Gasteiger partial charge in [0.15, 0.2) is 0 Å². The molecule has 2 rings (SSSR count). The zero-order valence-corrected chi connectivity index (χ0v) is 13.9. The van der Waals surface area contributed by atoms with Gasteiger partial charge in [-0.1, -0.05) is 41.4 Å². The highest BCUT2D eigenvalue weighted by Gasteiger charge is 2.12. The van der Waals surface area contributed by atoms with E-state index in [0.29, 0.717) is 22.5 Å². The summed E-state index contributed by atoms with van der Waals surface area (Å²) in [5.74, 6) is 2.09. The van der Waals surface area contributed by atoms with Crippen LogP contribution in [0.1, 0.15) is 31.2 Å². The Morgan fingerprint density at radius 3 is 2.60 bits per heavy atom. The van der Waals surface area contributed by atoms with E-state index in [-0.39, 0.29) is 5.92 Å². The van der Waals surface area contributed by atoms with Crippen LogP contribution in [0.3, 0.4) is 0 Å². The first-order valence-corrected chi connectivity index (χ1v) is 7.41. The van der Waals surface area contributed by atoms with E-state index in [1.54, 1.807) is 0 Å². The van der Waals surface area contributed by atoms with E-state index in [0.717, 1.165) is 15.7 Å². The summed E-state index contributed by atoms with van der Waals surface area (Å²) in [6.45, 7) is 5.94. The van der Waals surface area contributed by atoms with Crippen molar-refractivity contribution in [2.75, 3.05) is 11.1 Å². The average Bonchev–Trinajstić information content (AvgIpc) is 2.37. The van der Waals surface area contributed by atoms with Gasteiger partial charge in [0.1, 0.15) is 17.5 Å². The molecule has 1 aromatic carbocycles. The van der Waals surface area contributed by atoms with Crippen molar-refractivity contribution < 1.29 is 0 Å². The largest absolute Gasteiger partial charge is 0.383 e. The van der Waals surface area contributed by atoms with E-state index in [2.05, 4.69) is 31.2 Å². The molecule has 6 heteroatoms. The normalized spacial score (nSPS) is 10.9. The lowest BCUT2D eigenvalue weighted by Gasteiger charge is -2.14. The number of rotatable bonds is 3. The maximum Gasteiger partial charge on any atom is 0.139 e. The molecule has 0 radical (unpaired) electrons. The van der Waals surface area contributed by atoms with Crippen molar-refractivity contribution in [2.45, 2.75) is 26.7 Å². The van der Waals surface area contributed by atoms with Gasteiger partial charge in [0.2, 0.25) is 0 Å². The van der Waals surface area contributed by atoms with E-state index < -0.39 is 0 Å². The third kappa shape index (κ3) is 3.22. The second kappa shape index (κ2) is 5.97. The van der Waals surface area contributed by atoms with Crippen molar-refractivity contribution >= 4 is 44.9 Å². The quantitative estimate of drug-likeness (QED) is 0.841. The van der Waals surface area contributed by atoms with Gasteiger partial charge in [-0.05, 0) is 25.1 Å². The minimum Gasteiger partial charge on any atom is -0.383 e. The predicted octanol–water partition coefficient (Wildman–Crippen LogP) is 4.65. The Hall–Kier alpha value is -1.33. The van der Waals surface area contributed by atoms with Crippen LogP contribution in [-0.4, -0.2) is 9.97 Å². The predicted molar refractivity (Wildman–Crippen MR) is 87.7 cm³/mol. The number of aromatic nitrogens is 2. The number of halogens is 2. The molecule has 106 valence electrons. The van der Waals surface area contributed by atoms with Crippen LogP contribution in [-0.2, 0) is 0 Å². The monoisotopic (exact) mass is 354 g/mol. The minimum atomic E-state index is 0.207. The van der Waals surface area contributed by atoms with Crippen molar-refractivity contribution in [1.82, 2.24) is 9.97 Å². The topological polar surface area (TPSA) is 63.8 Å². The summed E-state index contributed by atoms with van der Waals surface area (Å²) in [4.78, 5) is 8.82. The van der Waals surface area contributed by atoms with Gasteiger partial charge >= 0.3 is 0 Å². The average molecular weight is 356 g/mol. The maximum absolute atomic E-state index is 6.21. The van der Waals surface area contributed by atoms with Gasteiger partial charge in [-0.2, -0.15) is 0 Å². The zero-order valence-electron chi connectivity index (χ0n) is 11.5. The van der Waals surface area contributed by atoms with Crippen LogP contribution < -0.4 is 11.1 Å². The standard InChI is InChI=1S/C14H16BrClN4/c1-7(2)13-19-12(17)8(3)14(20-13)18-11-5-4-9(15)6-10(11)16/h4-7H,1-3H3,(H3,17,18,19,20). The number of benzene rings is 1. The Morgan fingerprint density at radius 2 is 2.00 bits per heavy atom. The fourth-order valence-electron chi connectivity index (χ4n) is 1.65. The van der Waals surface area contributed by atoms with Crippen molar-refractivity contribution in [3.63, 3.8) is 0 Å². The van der Waals surface area contributed by atoms with Gasteiger partial charge in [-0.3, -0.25) is 0 Å². The molecule has 0 saturated carbocycles. The van der Waals surface area contributed by atoms with Crippen LogP contribution in [0.2, 0.25) is 5.02 Å². The lowest BCUT2D eigenvalue weighted by Crippen LogP contribution is -2.08. The number of nitrogens with two attached hydrogens (primary N) is 1. The summed E-state index contributed by atoms with van der Waals surface area (Å²) in [7, 11) is 0. The summed E-state index contributed by atoms with van der Waals surface area (Å²) in [5.41, 5.74) is 7.54. The van der Waals surface area contributed by atoms with Crippen molar-refractivity contribution in [2.24, 2.45) is 0 Å². The van der Waals surface area contributed by atoms with Gasteiger partial charge in [0, 0.05) is 16.0 Å². The molecular weight excluding hydrogens is 340 g/mol. The van der Waals surface area contributed by atoms with Crippen LogP contribution in [0.5, 0.6) is 0 Å². The number of nitrogen functional groups attached to an aromatic ring is 1. The van der Waals surface area contributed by atoms with Crippen LogP contribution >= 0.6 is 27.5 Å². The van der Waals surface area contributed by atoms with E-state index in [4.69, 9.17) is 17.3 Å². The Morgan fingerprint density at radius 1 is 1.30 bits per heavy atom. The molecule has 0 aliphatic carbocycles. The fraction of sp³-hybridized carbons (Fsp3) is 0.286. The van der Waals surface area contributed by atoms with Crippen LogP contribution in [0.15, 0.2) is 22.7 Å². The molecule has 1 aromatic heterocycles. The molecule has 0 atom stereocenters. The lowest BCUT2D eigenvalue weighted by atomic mass is 10.2. The van der Waals surface area contributed by atoms with E-state index in [1.165, 1.54) is 0 Å². The van der Waals surface area contributed by atoms with Crippen molar-refractivity contribution in [3.8, 4) is 0 Å². The first kappa shape index (κ1) is 15.1. The highest BCUT2D eigenvalue weighted by Crippen LogP contribution is 2.30. The number of nitrogens with one attached hydrogen (secondary N) is 1. The molecule has 0 fully saturated rings. The van der Waals surface area contributed by atoms with Gasteiger partial charge in [-0.15, -0.1) is 0 Å². The van der Waals surface area contributed by atoms with Crippen LogP contribution in [0.25, 0.3) is 0 Å². The summed E-state index contributed by atoms with van der Waals surface area (Å²) in [6.07, 6.45) is 0. The molecule has 3 N–H and O–H groups in total. The summed E-state index contributed by atoms with van der Waals surface area (Å²) in [5, 5.41) is 3.83. The first-order chi connectivity index (χ1) is 9.38. The van der Waals surface area contributed by atoms with Crippen LogP contribution in [0, 0.1) is 6.92 Å². The third-order valence-electron chi connectivity index (χ3n) is 2.90. The molecule has 0 aliphatic rings. The highest BCUT2D eigenvalue weighted by molar-refractivity contribution is 9.10. The minimum absolute atomic E-state index is 0.207. The Labute approximate surface area is 131 Å². The number of anilines is 3. The van der Waals surface area contributed by atoms with Gasteiger partial charge < -0.3 is 11.1 Å². The lowest BCUT2D eigenvalue weighted by molar-refractivity contribution is 0.776. The van der Waals surface area contributed by atoms with Crippen molar-refractivity contribution in [1.29, 1.82) is 0 Å². The van der Waals surface area contributed by atoms with Gasteiger partial charge in [0.25, 0.3) is 0 Å². The fourth-order valence-corrected chi connectivity index (χ4v) is 2.37. The zero-order chi connectivity index (χ0) is 14.9. The molecule has 0 amide bonds. The SMILES string of the molecule is Cc1c(N)nc(C(C)C)nc1Nc1ccc(Br)cc1Cl. The molecule has 0 bridgehead atoms. The molecule has 0 unspecified atom stereocenters. The number of nitrogens with zero attached hydrogens (tertiary/aromatic N) is 2. The van der Waals surface area contributed by atoms with E-state index in [1.807, 2.05) is 39.0 Å². The summed E-state index contributed by atoms with van der Waals surface area (Å²) in [6, 6.07) is 5.63. The second-order valence-corrected chi connectivity index (χ2v) is 6.17. The number of hydrogen-bond acceptors (Lipinski definition) is 4. The molecule has 1 heterocycles. The van der Waals surface area contributed by atoms with Crippen molar-refractivity contribution in [3.05, 3.63) is 39.1 Å². The third-order valence-corrected chi connectivity index (χ3v) is 3.71. The van der Waals surface area contributed by atoms with Crippen LogP contribution in [0.4, 0.5) is 17.3 Å². The maximum atomic E-state index is 6.21. The first-order valence-electron chi connectivity index (χ1n) is 6.24. The molecule has 0 saturated heterocycles.